The number of hydrogen-bond donors (Lipinski definition) is 1. The van der Waals surface area contributed by atoms with E-state index in [9.17, 15) is 9.90 Å². The second kappa shape index (κ2) is 6.23. The van der Waals surface area contributed by atoms with Gasteiger partial charge in [-0.05, 0) is 67.4 Å². The van der Waals surface area contributed by atoms with Gasteiger partial charge in [-0.3, -0.25) is 9.78 Å². The third-order valence-corrected chi connectivity index (χ3v) is 6.29. The summed E-state index contributed by atoms with van der Waals surface area (Å²) in [7, 11) is 0. The van der Waals surface area contributed by atoms with Crippen LogP contribution < -0.4 is 0 Å². The van der Waals surface area contributed by atoms with Crippen LogP contribution in [0.15, 0.2) is 24.5 Å². The van der Waals surface area contributed by atoms with Crippen molar-refractivity contribution < 1.29 is 9.90 Å². The molecule has 1 aromatic heterocycles. The van der Waals surface area contributed by atoms with Gasteiger partial charge in [-0.2, -0.15) is 0 Å². The van der Waals surface area contributed by atoms with Crippen molar-refractivity contribution >= 4 is 5.91 Å². The van der Waals surface area contributed by atoms with Gasteiger partial charge < -0.3 is 10.0 Å². The zero-order valence-electron chi connectivity index (χ0n) is 13.6. The second-order valence-electron chi connectivity index (χ2n) is 7.80. The van der Waals surface area contributed by atoms with Crippen molar-refractivity contribution in [2.45, 2.75) is 38.6 Å². The van der Waals surface area contributed by atoms with Gasteiger partial charge in [0.15, 0.2) is 0 Å². The van der Waals surface area contributed by atoms with E-state index in [1.165, 1.54) is 32.1 Å². The molecule has 4 nitrogen and oxygen atoms in total. The third kappa shape index (κ3) is 2.89. The molecule has 4 saturated carbocycles. The number of amides is 1. The normalized spacial score (nSPS) is 34.6. The van der Waals surface area contributed by atoms with E-state index in [0.717, 1.165) is 17.4 Å². The average Bonchev–Trinajstić information content (AvgIpc) is 2.54. The quantitative estimate of drug-likeness (QED) is 0.908. The van der Waals surface area contributed by atoms with Crippen LogP contribution in [-0.2, 0) is 11.3 Å². The van der Waals surface area contributed by atoms with Crippen LogP contribution >= 0.6 is 0 Å². The first-order valence-corrected chi connectivity index (χ1v) is 9.03. The highest BCUT2D eigenvalue weighted by atomic mass is 16.3. The lowest BCUT2D eigenvalue weighted by molar-refractivity contribution is -0.150. The maximum absolute atomic E-state index is 13.2. The van der Waals surface area contributed by atoms with Crippen LogP contribution in [0.4, 0.5) is 0 Å². The molecule has 1 aromatic rings. The largest absolute Gasteiger partial charge is 0.395 e. The van der Waals surface area contributed by atoms with Crippen molar-refractivity contribution in [2.24, 2.45) is 29.6 Å². The minimum Gasteiger partial charge on any atom is -0.395 e. The molecular formula is C19H26N2O2. The Bertz CT molecular complexity index is 532. The Kier molecular flexibility index (Phi) is 4.10. The summed E-state index contributed by atoms with van der Waals surface area (Å²) in [5, 5.41) is 9.40. The van der Waals surface area contributed by atoms with Gasteiger partial charge in [0, 0.05) is 31.4 Å². The summed E-state index contributed by atoms with van der Waals surface area (Å²) in [6.45, 7) is 1.02. The van der Waals surface area contributed by atoms with Crippen LogP contribution in [0.25, 0.3) is 0 Å². The van der Waals surface area contributed by atoms with E-state index in [1.807, 2.05) is 23.2 Å². The molecular weight excluding hydrogens is 288 g/mol. The van der Waals surface area contributed by atoms with E-state index in [-0.39, 0.29) is 18.4 Å². The lowest BCUT2D eigenvalue weighted by atomic mass is 9.51. The van der Waals surface area contributed by atoms with Crippen molar-refractivity contribution in [3.8, 4) is 0 Å². The Labute approximate surface area is 137 Å². The van der Waals surface area contributed by atoms with Gasteiger partial charge in [0.1, 0.15) is 0 Å². The van der Waals surface area contributed by atoms with E-state index < -0.39 is 0 Å². The van der Waals surface area contributed by atoms with Gasteiger partial charge in [-0.1, -0.05) is 6.07 Å². The van der Waals surface area contributed by atoms with Gasteiger partial charge in [-0.15, -0.1) is 0 Å². The van der Waals surface area contributed by atoms with Crippen molar-refractivity contribution in [1.82, 2.24) is 9.88 Å². The van der Waals surface area contributed by atoms with Crippen LogP contribution in [0, 0.1) is 29.6 Å². The van der Waals surface area contributed by atoms with Crippen molar-refractivity contribution in [1.29, 1.82) is 0 Å². The molecule has 0 unspecified atom stereocenters. The third-order valence-electron chi connectivity index (χ3n) is 6.29. The predicted molar refractivity (Wildman–Crippen MR) is 87.3 cm³/mol. The van der Waals surface area contributed by atoms with Crippen molar-refractivity contribution in [3.05, 3.63) is 30.1 Å². The minimum absolute atomic E-state index is 0.0271. The summed E-state index contributed by atoms with van der Waals surface area (Å²) >= 11 is 0. The Morgan fingerprint density at radius 3 is 2.43 bits per heavy atom. The summed E-state index contributed by atoms with van der Waals surface area (Å²) in [6, 6.07) is 3.90. The maximum atomic E-state index is 13.2. The predicted octanol–water partition coefficient (Wildman–Crippen LogP) is 2.47. The molecule has 1 N–H and O–H groups in total. The molecule has 0 saturated heterocycles. The molecule has 4 aliphatic carbocycles. The highest BCUT2D eigenvalue weighted by molar-refractivity contribution is 5.80. The number of aromatic nitrogens is 1. The van der Waals surface area contributed by atoms with Crippen LogP contribution in [-0.4, -0.2) is 34.0 Å². The fraction of sp³-hybridized carbons (Fsp3) is 0.684. The molecule has 1 amide bonds. The van der Waals surface area contributed by atoms with Crippen LogP contribution in [0.1, 0.15) is 37.7 Å². The molecule has 0 atom stereocenters. The van der Waals surface area contributed by atoms with Crippen molar-refractivity contribution in [3.63, 3.8) is 0 Å². The molecule has 0 spiro atoms. The van der Waals surface area contributed by atoms with E-state index in [2.05, 4.69) is 4.98 Å². The average molecular weight is 314 g/mol. The smallest absolute Gasteiger partial charge is 0.226 e. The number of carbonyl (C=O) groups excluding carboxylic acids is 1. The van der Waals surface area contributed by atoms with Crippen molar-refractivity contribution in [2.75, 3.05) is 13.2 Å². The number of rotatable bonds is 5. The fourth-order valence-corrected chi connectivity index (χ4v) is 5.64. The van der Waals surface area contributed by atoms with Crippen LogP contribution in [0.2, 0.25) is 0 Å². The highest BCUT2D eigenvalue weighted by Crippen LogP contribution is 2.56. The van der Waals surface area contributed by atoms with E-state index in [0.29, 0.717) is 24.9 Å². The summed E-state index contributed by atoms with van der Waals surface area (Å²) < 4.78 is 0. The van der Waals surface area contributed by atoms with Gasteiger partial charge in [0.05, 0.1) is 6.61 Å². The highest BCUT2D eigenvalue weighted by Gasteiger charge is 2.51. The van der Waals surface area contributed by atoms with Gasteiger partial charge in [0.2, 0.25) is 5.91 Å². The van der Waals surface area contributed by atoms with E-state index in [1.54, 1.807) is 6.20 Å². The monoisotopic (exact) mass is 314 g/mol. The number of carbonyl (C=O) groups is 1. The first-order valence-electron chi connectivity index (χ1n) is 9.03. The molecule has 0 aromatic carbocycles. The number of nitrogens with zero attached hydrogens (tertiary/aromatic N) is 2. The summed E-state index contributed by atoms with van der Waals surface area (Å²) in [5.74, 6) is 3.42. The second-order valence-corrected chi connectivity index (χ2v) is 7.80. The molecule has 4 fully saturated rings. The molecule has 4 aliphatic rings. The first kappa shape index (κ1) is 15.1. The first-order chi connectivity index (χ1) is 11.2. The number of aliphatic hydroxyl groups is 1. The number of hydrogen-bond acceptors (Lipinski definition) is 3. The molecule has 124 valence electrons. The Balaban J connectivity index is 1.51. The minimum atomic E-state index is 0.0271. The Hall–Kier alpha value is -1.42. The fourth-order valence-electron chi connectivity index (χ4n) is 5.64. The Morgan fingerprint density at radius 1 is 1.17 bits per heavy atom. The van der Waals surface area contributed by atoms with Gasteiger partial charge in [0.25, 0.3) is 0 Å². The van der Waals surface area contributed by atoms with Gasteiger partial charge >= 0.3 is 0 Å². The van der Waals surface area contributed by atoms with E-state index in [4.69, 9.17) is 0 Å². The van der Waals surface area contributed by atoms with Crippen LogP contribution in [0.3, 0.4) is 0 Å². The Morgan fingerprint density at radius 2 is 1.87 bits per heavy atom. The molecule has 4 heteroatoms. The molecule has 4 bridgehead atoms. The lowest BCUT2D eigenvalue weighted by Gasteiger charge is -2.54. The van der Waals surface area contributed by atoms with Crippen LogP contribution in [0.5, 0.6) is 0 Å². The lowest BCUT2D eigenvalue weighted by Crippen LogP contribution is -2.52. The number of aliphatic hydroxyl groups excluding tert-OH is 1. The molecule has 0 aliphatic heterocycles. The maximum Gasteiger partial charge on any atom is 0.226 e. The molecule has 5 rings (SSSR count). The standard InChI is InChI=1S/C19H26N2O2/c22-5-4-21(12-13-2-1-3-20-11-13)19(23)18-16-7-14-6-15(9-16)10-17(18)8-14/h1-3,11,14-18,22H,4-10,12H2. The van der Waals surface area contributed by atoms with Gasteiger partial charge in [-0.25, -0.2) is 0 Å². The summed E-state index contributed by atoms with van der Waals surface area (Å²) in [5.41, 5.74) is 1.04. The zero-order valence-corrected chi connectivity index (χ0v) is 13.6. The summed E-state index contributed by atoms with van der Waals surface area (Å²) in [6.07, 6.45) is 9.98. The van der Waals surface area contributed by atoms with E-state index >= 15 is 0 Å². The SMILES string of the molecule is O=C(C1C2CC3CC(C2)CC1C3)N(CCO)Cc1cccnc1. The zero-order chi connectivity index (χ0) is 15.8. The molecule has 1 heterocycles. The molecule has 0 radical (unpaired) electrons. The summed E-state index contributed by atoms with van der Waals surface area (Å²) in [4.78, 5) is 19.2. The number of pyridine rings is 1. The topological polar surface area (TPSA) is 53.4 Å². The molecule has 23 heavy (non-hydrogen) atoms.